The molecule has 4 aromatic carbocycles. The number of hydrogen-bond donors (Lipinski definition) is 0. The molecule has 0 aliphatic carbocycles. The van der Waals surface area contributed by atoms with Gasteiger partial charge in [0, 0.05) is 0 Å². The van der Waals surface area contributed by atoms with Gasteiger partial charge in [0.05, 0.1) is 0 Å². The average Bonchev–Trinajstić information content (AvgIpc) is 2.81. The summed E-state index contributed by atoms with van der Waals surface area (Å²) in [6.45, 7) is -3.10. The van der Waals surface area contributed by atoms with Crippen LogP contribution in [0.2, 0.25) is 0 Å². The zero-order valence-corrected chi connectivity index (χ0v) is 17.3. The predicted molar refractivity (Wildman–Crippen MR) is 126 cm³/mol. The molecule has 0 aliphatic rings. The molecule has 0 fully saturated rings. The minimum absolute atomic E-state index is 0.485. The van der Waals surface area contributed by atoms with Crippen LogP contribution in [0.15, 0.2) is 121 Å². The van der Waals surface area contributed by atoms with Crippen LogP contribution < -0.4 is 15.9 Å². The molecule has 0 amide bonds. The Morgan fingerprint density at radius 3 is 1.21 bits per heavy atom. The molecule has 0 radical (unpaired) electrons. The van der Waals surface area contributed by atoms with Crippen molar-refractivity contribution in [2.24, 2.45) is 0 Å². The van der Waals surface area contributed by atoms with Gasteiger partial charge in [-0.15, -0.1) is 0 Å². The van der Waals surface area contributed by atoms with E-state index in [0.29, 0.717) is 6.16 Å². The van der Waals surface area contributed by atoms with E-state index in [-0.39, 0.29) is 0 Å². The van der Waals surface area contributed by atoms with Crippen molar-refractivity contribution < 1.29 is 4.79 Å². The Kier molecular flexibility index (Phi) is 5.43. The molecule has 4 aromatic rings. The van der Waals surface area contributed by atoms with Crippen molar-refractivity contribution >= 4 is 28.8 Å². The molecule has 144 valence electrons. The van der Waals surface area contributed by atoms with E-state index in [0.717, 1.165) is 12.4 Å². The summed E-state index contributed by atoms with van der Waals surface area (Å²) in [5.41, 5.74) is 1.25. The molecule has 0 saturated carbocycles. The molecular formula is C27H25OP. The zero-order valence-electron chi connectivity index (χ0n) is 16.4. The number of carbonyl (C=O) groups excluding carboxylic acids is 1. The monoisotopic (exact) mass is 396 g/mol. The van der Waals surface area contributed by atoms with Crippen molar-refractivity contribution in [3.05, 3.63) is 127 Å². The summed E-state index contributed by atoms with van der Waals surface area (Å²) < 4.78 is 0. The van der Waals surface area contributed by atoms with Crippen LogP contribution in [0.4, 0.5) is 0 Å². The molecule has 0 bridgehead atoms. The van der Waals surface area contributed by atoms with Crippen LogP contribution in [0.5, 0.6) is 0 Å². The molecule has 0 aromatic heterocycles. The maximum atomic E-state index is 12.4. The zero-order chi connectivity index (χ0) is 20.0. The normalized spacial score (nSPS) is 12.6. The molecule has 0 N–H and O–H groups in total. The second kappa shape index (κ2) is 8.15. The van der Waals surface area contributed by atoms with Crippen molar-refractivity contribution in [1.29, 1.82) is 0 Å². The van der Waals surface area contributed by atoms with Crippen molar-refractivity contribution in [2.75, 3.05) is 6.16 Å². The van der Waals surface area contributed by atoms with Gasteiger partial charge in [-0.05, 0) is 0 Å². The summed E-state index contributed by atoms with van der Waals surface area (Å²) in [7, 11) is 0. The number of benzene rings is 4. The van der Waals surface area contributed by atoms with E-state index >= 15 is 0 Å². The van der Waals surface area contributed by atoms with E-state index in [4.69, 9.17) is 0 Å². The first-order valence-corrected chi connectivity index (χ1v) is 12.6. The van der Waals surface area contributed by atoms with E-state index in [9.17, 15) is 4.79 Å². The van der Waals surface area contributed by atoms with Crippen molar-refractivity contribution in [2.45, 2.75) is 6.16 Å². The second-order valence-electron chi connectivity index (χ2n) is 7.51. The van der Waals surface area contributed by atoms with Gasteiger partial charge >= 0.3 is 173 Å². The molecule has 2 heteroatoms. The number of carbonyl (C=O) groups is 1. The fraction of sp³-hybridized carbons (Fsp3) is 0.0741. The Labute approximate surface area is 173 Å². The van der Waals surface area contributed by atoms with Crippen LogP contribution in [0.1, 0.15) is 5.56 Å². The van der Waals surface area contributed by atoms with Crippen molar-refractivity contribution in [3.63, 3.8) is 0 Å². The fourth-order valence-electron chi connectivity index (χ4n) is 4.62. The molecule has 1 nitrogen and oxygen atoms in total. The molecular weight excluding hydrogens is 371 g/mol. The molecule has 0 saturated heterocycles. The van der Waals surface area contributed by atoms with Gasteiger partial charge in [-0.25, -0.2) is 0 Å². The van der Waals surface area contributed by atoms with Crippen molar-refractivity contribution in [3.8, 4) is 0 Å². The third kappa shape index (κ3) is 3.22. The van der Waals surface area contributed by atoms with Gasteiger partial charge < -0.3 is 0 Å². The van der Waals surface area contributed by atoms with Gasteiger partial charge in [0.25, 0.3) is 0 Å². The first-order chi connectivity index (χ1) is 14.3. The summed E-state index contributed by atoms with van der Waals surface area (Å²) in [5.74, 6) is 0. The Morgan fingerprint density at radius 1 is 0.517 bits per heavy atom. The van der Waals surface area contributed by atoms with E-state index < -0.39 is 6.60 Å². The van der Waals surface area contributed by atoms with Crippen LogP contribution in [0.25, 0.3) is 0 Å². The van der Waals surface area contributed by atoms with Gasteiger partial charge in [0.15, 0.2) is 0 Å². The first-order valence-electron chi connectivity index (χ1n) is 9.94. The van der Waals surface area contributed by atoms with Gasteiger partial charge in [0.1, 0.15) is 0 Å². The van der Waals surface area contributed by atoms with Gasteiger partial charge in [-0.3, -0.25) is 0 Å². The third-order valence-corrected chi connectivity index (χ3v) is 12.6. The van der Waals surface area contributed by atoms with E-state index in [1.54, 1.807) is 0 Å². The van der Waals surface area contributed by atoms with E-state index in [1.807, 2.05) is 6.07 Å². The Balaban J connectivity index is 2.17. The van der Waals surface area contributed by atoms with Crippen LogP contribution >= 0.6 is 6.60 Å². The number of rotatable bonds is 7. The first kappa shape index (κ1) is 19.3. The standard InChI is InChI=1S/C27H25OP/c28-21-22-29(25-15-7-2-8-16-25,26-17-9-3-10-18-26,27-19-11-4-12-20-27)23-24-13-5-1-6-14-24/h1-21H,22-23H2. The summed E-state index contributed by atoms with van der Waals surface area (Å²) >= 11 is 0. The second-order valence-corrected chi connectivity index (χ2v) is 12.8. The van der Waals surface area contributed by atoms with Gasteiger partial charge in [-0.1, -0.05) is 0 Å². The quantitative estimate of drug-likeness (QED) is 0.320. The van der Waals surface area contributed by atoms with Crippen LogP contribution in [0.3, 0.4) is 0 Å². The maximum absolute atomic E-state index is 12.4. The number of hydrogen-bond acceptors (Lipinski definition) is 1. The SMILES string of the molecule is O=CCP(Cc1ccccc1)(c1ccccc1)(c1ccccc1)c1ccccc1. The van der Waals surface area contributed by atoms with Crippen LogP contribution in [-0.4, -0.2) is 12.4 Å². The minimum atomic E-state index is -3.10. The molecule has 29 heavy (non-hydrogen) atoms. The Bertz CT molecular complexity index is 961. The molecule has 0 spiro atoms. The van der Waals surface area contributed by atoms with Crippen molar-refractivity contribution in [1.82, 2.24) is 0 Å². The van der Waals surface area contributed by atoms with Crippen LogP contribution in [-0.2, 0) is 11.0 Å². The van der Waals surface area contributed by atoms with E-state index in [2.05, 4.69) is 115 Å². The summed E-state index contributed by atoms with van der Waals surface area (Å²) in [4.78, 5) is 12.4. The van der Waals surface area contributed by atoms with Gasteiger partial charge in [-0.2, -0.15) is 0 Å². The summed E-state index contributed by atoms with van der Waals surface area (Å²) in [6, 6.07) is 42.6. The fourth-order valence-corrected chi connectivity index (χ4v) is 10.8. The number of aldehydes is 1. The van der Waals surface area contributed by atoms with E-state index in [1.165, 1.54) is 21.5 Å². The molecule has 0 unspecified atom stereocenters. The summed E-state index contributed by atoms with van der Waals surface area (Å²) in [6.07, 6.45) is 2.44. The Hall–Kier alpha value is -3.02. The molecule has 0 aliphatic heterocycles. The summed E-state index contributed by atoms with van der Waals surface area (Å²) in [5, 5.41) is 3.77. The molecule has 0 heterocycles. The Morgan fingerprint density at radius 2 is 0.862 bits per heavy atom. The van der Waals surface area contributed by atoms with Gasteiger partial charge in [0.2, 0.25) is 0 Å². The predicted octanol–water partition coefficient (Wildman–Crippen LogP) is 4.92. The molecule has 4 rings (SSSR count). The van der Waals surface area contributed by atoms with Crippen LogP contribution in [0, 0.1) is 0 Å². The average molecular weight is 396 g/mol. The topological polar surface area (TPSA) is 17.1 Å². The third-order valence-electron chi connectivity index (χ3n) is 5.99. The molecule has 0 atom stereocenters.